The second-order valence-electron chi connectivity index (χ2n) is 7.85. The number of hydrogen-bond acceptors (Lipinski definition) is 7. The average Bonchev–Trinajstić information content (AvgIpc) is 3.40. The van der Waals surface area contributed by atoms with Crippen molar-refractivity contribution in [2.45, 2.75) is 38.6 Å². The minimum Gasteiger partial charge on any atom is -0.347 e. The lowest BCUT2D eigenvalue weighted by molar-refractivity contribution is -0.132. The Labute approximate surface area is 186 Å². The topological polar surface area (TPSA) is 88.3 Å². The van der Waals surface area contributed by atoms with Crippen LogP contribution >= 0.6 is 11.6 Å². The first-order valence-electron chi connectivity index (χ1n) is 10.3. The molecule has 2 aromatic heterocycles. The molecule has 0 N–H and O–H groups in total. The molecule has 1 saturated heterocycles. The number of amides is 1. The van der Waals surface area contributed by atoms with E-state index in [9.17, 15) is 4.79 Å². The highest BCUT2D eigenvalue weighted by Crippen LogP contribution is 2.38. The molecule has 1 aliphatic rings. The van der Waals surface area contributed by atoms with E-state index in [1.807, 2.05) is 54.4 Å². The van der Waals surface area contributed by atoms with Crippen LogP contribution in [0.5, 0.6) is 0 Å². The van der Waals surface area contributed by atoms with Gasteiger partial charge in [0.1, 0.15) is 0 Å². The van der Waals surface area contributed by atoms with Crippen LogP contribution in [0.2, 0.25) is 5.02 Å². The molecule has 0 bridgehead atoms. The van der Waals surface area contributed by atoms with Gasteiger partial charge in [0.25, 0.3) is 0 Å². The predicted molar refractivity (Wildman–Crippen MR) is 118 cm³/mol. The fraction of sp³-hybridized carbons (Fsp3) is 0.409. The van der Waals surface area contributed by atoms with E-state index in [0.29, 0.717) is 42.1 Å². The molecule has 162 valence electrons. The van der Waals surface area contributed by atoms with Gasteiger partial charge in [0.05, 0.1) is 11.7 Å². The van der Waals surface area contributed by atoms with E-state index in [1.165, 1.54) is 0 Å². The van der Waals surface area contributed by atoms with Crippen molar-refractivity contribution in [1.29, 1.82) is 0 Å². The zero-order valence-corrected chi connectivity index (χ0v) is 18.6. The van der Waals surface area contributed by atoms with Crippen LogP contribution in [-0.2, 0) is 11.2 Å². The molecule has 1 unspecified atom stereocenters. The maximum absolute atomic E-state index is 13.1. The van der Waals surface area contributed by atoms with E-state index in [2.05, 4.69) is 15.1 Å². The molecule has 0 saturated carbocycles. The maximum atomic E-state index is 13.1. The fourth-order valence-corrected chi connectivity index (χ4v) is 4.07. The molecule has 4 rings (SSSR count). The lowest BCUT2D eigenvalue weighted by Crippen LogP contribution is -2.32. The van der Waals surface area contributed by atoms with Gasteiger partial charge in [0, 0.05) is 50.3 Å². The van der Waals surface area contributed by atoms with Crippen molar-refractivity contribution in [1.82, 2.24) is 25.0 Å². The molecule has 0 radical (unpaired) electrons. The highest BCUT2D eigenvalue weighted by Gasteiger charge is 2.33. The van der Waals surface area contributed by atoms with E-state index >= 15 is 0 Å². The van der Waals surface area contributed by atoms with Gasteiger partial charge in [0.2, 0.25) is 17.7 Å². The molecular weight excluding hydrogens is 416 g/mol. The smallest absolute Gasteiger partial charge is 0.227 e. The summed E-state index contributed by atoms with van der Waals surface area (Å²) in [4.78, 5) is 30.4. The summed E-state index contributed by atoms with van der Waals surface area (Å²) in [5, 5.41) is 4.44. The quantitative estimate of drug-likeness (QED) is 0.575. The van der Waals surface area contributed by atoms with Crippen molar-refractivity contribution in [3.05, 3.63) is 52.9 Å². The number of likely N-dealkylation sites (tertiary alicyclic amines) is 1. The minimum absolute atomic E-state index is 0.0559. The van der Waals surface area contributed by atoms with E-state index in [-0.39, 0.29) is 11.9 Å². The van der Waals surface area contributed by atoms with Crippen LogP contribution in [0.3, 0.4) is 0 Å². The Morgan fingerprint density at radius 2 is 2.16 bits per heavy atom. The molecule has 0 spiro atoms. The second kappa shape index (κ2) is 9.01. The summed E-state index contributed by atoms with van der Waals surface area (Å²) >= 11 is 6.24. The Balaban J connectivity index is 1.64. The monoisotopic (exact) mass is 440 g/mol. The summed E-state index contributed by atoms with van der Waals surface area (Å²) in [5.41, 5.74) is 2.68. The molecule has 31 heavy (non-hydrogen) atoms. The van der Waals surface area contributed by atoms with Crippen molar-refractivity contribution in [2.75, 3.05) is 25.5 Å². The summed E-state index contributed by atoms with van der Waals surface area (Å²) in [6, 6.07) is 7.52. The molecular formula is C22H25ClN6O2. The van der Waals surface area contributed by atoms with Crippen LogP contribution in [0.1, 0.15) is 42.7 Å². The van der Waals surface area contributed by atoms with Crippen molar-refractivity contribution in [3.63, 3.8) is 0 Å². The van der Waals surface area contributed by atoms with Gasteiger partial charge in [-0.25, -0.2) is 9.97 Å². The first-order valence-corrected chi connectivity index (χ1v) is 10.7. The number of hydrogen-bond donors (Lipinski definition) is 0. The van der Waals surface area contributed by atoms with Gasteiger partial charge in [-0.1, -0.05) is 28.9 Å². The lowest BCUT2D eigenvalue weighted by Gasteiger charge is -2.27. The van der Waals surface area contributed by atoms with Crippen LogP contribution in [0, 0.1) is 6.92 Å². The first kappa shape index (κ1) is 21.2. The molecule has 1 atom stereocenters. The van der Waals surface area contributed by atoms with Crippen LogP contribution < -0.4 is 4.90 Å². The van der Waals surface area contributed by atoms with Gasteiger partial charge in [0.15, 0.2) is 5.82 Å². The molecule has 9 heteroatoms. The summed E-state index contributed by atoms with van der Waals surface area (Å²) in [5.74, 6) is 1.73. The van der Waals surface area contributed by atoms with Crippen molar-refractivity contribution >= 4 is 23.5 Å². The third-order valence-corrected chi connectivity index (χ3v) is 5.59. The average molecular weight is 441 g/mol. The molecule has 8 nitrogen and oxygen atoms in total. The van der Waals surface area contributed by atoms with Gasteiger partial charge in [-0.15, -0.1) is 0 Å². The summed E-state index contributed by atoms with van der Waals surface area (Å²) in [6.07, 6.45) is 4.34. The van der Waals surface area contributed by atoms with E-state index in [0.717, 1.165) is 29.7 Å². The summed E-state index contributed by atoms with van der Waals surface area (Å²) in [7, 11) is 3.81. The van der Waals surface area contributed by atoms with Gasteiger partial charge in [-0.2, -0.15) is 4.98 Å². The number of benzene rings is 1. The molecule has 3 heterocycles. The zero-order chi connectivity index (χ0) is 22.0. The van der Waals surface area contributed by atoms with Gasteiger partial charge >= 0.3 is 0 Å². The van der Waals surface area contributed by atoms with Gasteiger partial charge in [-0.3, -0.25) is 4.79 Å². The normalized spacial score (nSPS) is 16.0. The SMILES string of the molecule is Cc1noc(CCC(=O)N2CCCC2c2nc(N(C)C)ncc2-c2cccc(Cl)c2)n1. The number of rotatable bonds is 6. The maximum Gasteiger partial charge on any atom is 0.227 e. The minimum atomic E-state index is -0.118. The Hall–Kier alpha value is -3.00. The standard InChI is InChI=1S/C22H25ClN6O2/c1-14-25-19(31-27-14)9-10-20(30)29-11-5-8-18(29)21-17(13-24-22(26-21)28(2)3)15-6-4-7-16(23)12-15/h4,6-7,12-13,18H,5,8-11H2,1-3H3. The van der Waals surface area contributed by atoms with Crippen molar-refractivity contribution < 1.29 is 9.32 Å². The fourth-order valence-electron chi connectivity index (χ4n) is 3.88. The predicted octanol–water partition coefficient (Wildman–Crippen LogP) is 3.85. The van der Waals surface area contributed by atoms with E-state index in [4.69, 9.17) is 21.1 Å². The van der Waals surface area contributed by atoms with Crippen molar-refractivity contribution in [2.24, 2.45) is 0 Å². The molecule has 0 aliphatic carbocycles. The van der Waals surface area contributed by atoms with Crippen LogP contribution in [0.15, 0.2) is 35.0 Å². The highest BCUT2D eigenvalue weighted by molar-refractivity contribution is 6.30. The van der Waals surface area contributed by atoms with Gasteiger partial charge in [-0.05, 0) is 37.5 Å². The zero-order valence-electron chi connectivity index (χ0n) is 17.9. The number of carbonyl (C=O) groups excluding carboxylic acids is 1. The van der Waals surface area contributed by atoms with E-state index < -0.39 is 0 Å². The summed E-state index contributed by atoms with van der Waals surface area (Å²) in [6.45, 7) is 2.46. The molecule has 1 fully saturated rings. The largest absolute Gasteiger partial charge is 0.347 e. The third kappa shape index (κ3) is 4.69. The Morgan fingerprint density at radius 3 is 2.87 bits per heavy atom. The third-order valence-electron chi connectivity index (χ3n) is 5.35. The van der Waals surface area contributed by atoms with Gasteiger partial charge < -0.3 is 14.3 Å². The number of anilines is 1. The van der Waals surface area contributed by atoms with Crippen LogP contribution in [0.25, 0.3) is 11.1 Å². The first-order chi connectivity index (χ1) is 14.9. The summed E-state index contributed by atoms with van der Waals surface area (Å²) < 4.78 is 5.15. The van der Waals surface area contributed by atoms with Crippen LogP contribution in [-0.4, -0.2) is 51.6 Å². The number of nitrogens with zero attached hydrogens (tertiary/aromatic N) is 6. The Morgan fingerprint density at radius 1 is 1.32 bits per heavy atom. The Kier molecular flexibility index (Phi) is 6.18. The molecule has 1 aliphatic heterocycles. The van der Waals surface area contributed by atoms with Crippen molar-refractivity contribution in [3.8, 4) is 11.1 Å². The Bertz CT molecular complexity index is 1080. The molecule has 3 aromatic rings. The number of aryl methyl sites for hydroxylation is 2. The number of aromatic nitrogens is 4. The lowest BCUT2D eigenvalue weighted by atomic mass is 9.99. The molecule has 1 aromatic carbocycles. The molecule has 1 amide bonds. The number of carbonyl (C=O) groups is 1. The van der Waals surface area contributed by atoms with Crippen LogP contribution in [0.4, 0.5) is 5.95 Å². The van der Waals surface area contributed by atoms with E-state index in [1.54, 1.807) is 6.92 Å². The number of halogens is 1. The highest BCUT2D eigenvalue weighted by atomic mass is 35.5. The second-order valence-corrected chi connectivity index (χ2v) is 8.29.